The molecule has 0 N–H and O–H groups in total. The highest BCUT2D eigenvalue weighted by Gasteiger charge is 2.48. The topological polar surface area (TPSA) is 0 Å². The van der Waals surface area contributed by atoms with E-state index in [-0.39, 0.29) is 0 Å². The maximum atomic E-state index is 2.39. The molecule has 0 aromatic rings. The van der Waals surface area contributed by atoms with E-state index in [9.17, 15) is 0 Å². The van der Waals surface area contributed by atoms with Crippen LogP contribution in [0.3, 0.4) is 0 Å². The molecule has 0 aromatic carbocycles. The molecule has 0 saturated carbocycles. The molecule has 0 aliphatic carbocycles. The fraction of sp³-hybridized carbons (Fsp3) is 1.00. The third kappa shape index (κ3) is 83.6. The van der Waals surface area contributed by atoms with E-state index in [0.717, 1.165) is 0 Å². The summed E-state index contributed by atoms with van der Waals surface area (Å²) in [5, 5.41) is 0. The smallest absolute Gasteiger partial charge is 0.0241 e. The normalized spacial score (nSPS) is 13.0. The first-order valence-electron chi connectivity index (χ1n) is 55.6. The lowest BCUT2D eigenvalue weighted by Gasteiger charge is -2.53. The van der Waals surface area contributed by atoms with Crippen molar-refractivity contribution in [2.75, 3.05) is 0 Å². The van der Waals surface area contributed by atoms with E-state index in [0.29, 0.717) is 10.8 Å². The van der Waals surface area contributed by atoms with Gasteiger partial charge in [0.05, 0.1) is 0 Å². The SMILES string of the molecule is CCCCCCCCCCCCCCCCCCCCCC(CCCCCCCCCCCCCCCCCCC)(CCCCCCCCCCCCCCCCCCCC)C(CCCCCCCCCCCC)(CCCCCCCCCCCCCCCCCC)CCCCCCCCCCCCCCCCCCCC. The van der Waals surface area contributed by atoms with Crippen LogP contribution in [0.1, 0.15) is 709 Å². The van der Waals surface area contributed by atoms with Crippen LogP contribution in [-0.4, -0.2) is 0 Å². The molecule has 0 bridgehead atoms. The van der Waals surface area contributed by atoms with Crippen LogP contribution in [0.15, 0.2) is 0 Å². The molecule has 2 unspecified atom stereocenters. The largest absolute Gasteiger partial charge is 0.0654 e. The van der Waals surface area contributed by atoms with Crippen molar-refractivity contribution in [3.05, 3.63) is 0 Å². The predicted molar refractivity (Wildman–Crippen MR) is 519 cm³/mol. The minimum Gasteiger partial charge on any atom is -0.0654 e. The highest BCUT2D eigenvalue weighted by Crippen LogP contribution is 2.59. The molecule has 0 radical (unpaired) electrons. The number of unbranched alkanes of at least 4 members (excludes halogenated alkanes) is 92. The van der Waals surface area contributed by atoms with Crippen molar-refractivity contribution in [2.45, 2.75) is 709 Å². The fourth-order valence-corrected chi connectivity index (χ4v) is 20.8. The number of hydrogen-bond donors (Lipinski definition) is 0. The predicted octanol–water partition coefficient (Wildman–Crippen LogP) is 43.6. The Balaban J connectivity index is 6.82. The van der Waals surface area contributed by atoms with Gasteiger partial charge in [0.2, 0.25) is 0 Å². The van der Waals surface area contributed by atoms with Gasteiger partial charge in [-0.3, -0.25) is 0 Å². The van der Waals surface area contributed by atoms with Crippen LogP contribution in [0.2, 0.25) is 0 Å². The minimum atomic E-state index is 0.537. The van der Waals surface area contributed by atoms with Gasteiger partial charge in [0.25, 0.3) is 0 Å². The molecule has 0 aliphatic heterocycles. The van der Waals surface area contributed by atoms with Gasteiger partial charge < -0.3 is 0 Å². The summed E-state index contributed by atoms with van der Waals surface area (Å²) in [6.07, 6.45) is 155. The lowest BCUT2D eigenvalue weighted by molar-refractivity contribution is -0.0310. The van der Waals surface area contributed by atoms with Crippen molar-refractivity contribution in [1.82, 2.24) is 0 Å². The molecule has 0 heterocycles. The Morgan fingerprint density at radius 1 is 0.0714 bits per heavy atom. The van der Waals surface area contributed by atoms with Crippen LogP contribution in [0, 0.1) is 10.8 Å². The van der Waals surface area contributed by atoms with Crippen LogP contribution in [0.5, 0.6) is 0 Å². The summed E-state index contributed by atoms with van der Waals surface area (Å²) in [5.41, 5.74) is 1.08. The molecular formula is C112H226. The zero-order valence-electron chi connectivity index (χ0n) is 80.5. The molecule has 0 aliphatic rings. The lowest BCUT2D eigenvalue weighted by atomic mass is 9.51. The summed E-state index contributed by atoms with van der Waals surface area (Å²) in [6.45, 7) is 14.1. The first kappa shape index (κ1) is 112. The van der Waals surface area contributed by atoms with Crippen LogP contribution < -0.4 is 0 Å². The van der Waals surface area contributed by atoms with Crippen molar-refractivity contribution >= 4 is 0 Å². The Morgan fingerprint density at radius 2 is 0.125 bits per heavy atom. The first-order valence-corrected chi connectivity index (χ1v) is 55.6. The zero-order chi connectivity index (χ0) is 80.5. The van der Waals surface area contributed by atoms with Gasteiger partial charge in [-0.25, -0.2) is 0 Å². The Bertz CT molecular complexity index is 1580. The molecule has 0 spiro atoms. The molecule has 0 heteroatoms. The van der Waals surface area contributed by atoms with Crippen LogP contribution in [0.25, 0.3) is 0 Å². The van der Waals surface area contributed by atoms with E-state index in [4.69, 9.17) is 0 Å². The molecule has 674 valence electrons. The fourth-order valence-electron chi connectivity index (χ4n) is 20.8. The lowest BCUT2D eigenvalue weighted by Crippen LogP contribution is -2.43. The standard InChI is InChI=1S/C112H226/c1-7-13-19-25-31-37-43-48-53-58-61-65-70-75-80-86-92-98-104-110-112(108-102-96-89-83-77-72-67-62-56-51-46-40-34-28-22-16-10-4,109-103-97-91-85-79-74-69-64-60-55-50-45-39-33-27-21-15-9-3)111(105-99-93-87-81-42-36-30-24-18-12-6,106-100-94-88-82-76-71-66-57-52-47-41-35-29-23-17-11-5)107-101-95-90-84-78-73-68-63-59-54-49-44-38-32-26-20-14-8-2/h7-110H2,1-6H3. The van der Waals surface area contributed by atoms with Crippen molar-refractivity contribution in [3.63, 3.8) is 0 Å². The summed E-state index contributed by atoms with van der Waals surface area (Å²) in [7, 11) is 0. The Kier molecular flexibility index (Phi) is 99.8. The van der Waals surface area contributed by atoms with Gasteiger partial charge in [-0.15, -0.1) is 0 Å². The van der Waals surface area contributed by atoms with Crippen LogP contribution in [-0.2, 0) is 0 Å². The van der Waals surface area contributed by atoms with Gasteiger partial charge in [-0.2, -0.15) is 0 Å². The summed E-state index contributed by atoms with van der Waals surface area (Å²) < 4.78 is 0. The van der Waals surface area contributed by atoms with Gasteiger partial charge in [-0.1, -0.05) is 671 Å². The quantitative estimate of drug-likeness (QED) is 0.0533. The van der Waals surface area contributed by atoms with Gasteiger partial charge in [0.1, 0.15) is 0 Å². The van der Waals surface area contributed by atoms with Gasteiger partial charge >= 0.3 is 0 Å². The summed E-state index contributed by atoms with van der Waals surface area (Å²) in [5.74, 6) is 0. The highest BCUT2D eigenvalue weighted by atomic mass is 14.5. The molecule has 0 fully saturated rings. The van der Waals surface area contributed by atoms with Crippen LogP contribution >= 0.6 is 0 Å². The zero-order valence-corrected chi connectivity index (χ0v) is 80.5. The summed E-state index contributed by atoms with van der Waals surface area (Å²) in [6, 6.07) is 0. The molecule has 0 amide bonds. The van der Waals surface area contributed by atoms with Crippen LogP contribution in [0.4, 0.5) is 0 Å². The van der Waals surface area contributed by atoms with E-state index in [1.807, 2.05) is 0 Å². The van der Waals surface area contributed by atoms with Crippen molar-refractivity contribution in [2.24, 2.45) is 10.8 Å². The van der Waals surface area contributed by atoms with Crippen molar-refractivity contribution < 1.29 is 0 Å². The molecule has 2 atom stereocenters. The molecule has 0 aromatic heterocycles. The van der Waals surface area contributed by atoms with Gasteiger partial charge in [0, 0.05) is 0 Å². The third-order valence-corrected chi connectivity index (χ3v) is 28.7. The van der Waals surface area contributed by atoms with E-state index >= 15 is 0 Å². The average molecular weight is 1570 g/mol. The minimum absolute atomic E-state index is 0.537. The second kappa shape index (κ2) is 99.8. The molecule has 112 heavy (non-hydrogen) atoms. The third-order valence-electron chi connectivity index (χ3n) is 28.7. The Hall–Kier alpha value is 0. The van der Waals surface area contributed by atoms with E-state index < -0.39 is 0 Å². The monoisotopic (exact) mass is 1570 g/mol. The number of rotatable bonds is 105. The van der Waals surface area contributed by atoms with Crippen molar-refractivity contribution in [3.8, 4) is 0 Å². The summed E-state index contributed by atoms with van der Waals surface area (Å²) >= 11 is 0. The second-order valence-corrected chi connectivity index (χ2v) is 39.6. The van der Waals surface area contributed by atoms with Crippen molar-refractivity contribution in [1.29, 1.82) is 0 Å². The molecular weight excluding hydrogens is 1350 g/mol. The van der Waals surface area contributed by atoms with E-state index in [1.54, 1.807) is 38.5 Å². The maximum absolute atomic E-state index is 2.39. The maximum Gasteiger partial charge on any atom is -0.0241 e. The Morgan fingerprint density at radius 3 is 0.188 bits per heavy atom. The highest BCUT2D eigenvalue weighted by molar-refractivity contribution is 4.99. The second-order valence-electron chi connectivity index (χ2n) is 39.6. The Labute approximate surface area is 715 Å². The first-order chi connectivity index (χ1) is 55.6. The molecule has 0 nitrogen and oxygen atoms in total. The average Bonchev–Trinajstić information content (AvgIpc) is 0.768. The van der Waals surface area contributed by atoms with Gasteiger partial charge in [0.15, 0.2) is 0 Å². The van der Waals surface area contributed by atoms with E-state index in [1.165, 1.54) is 629 Å². The number of hydrogen-bond acceptors (Lipinski definition) is 0. The van der Waals surface area contributed by atoms with Gasteiger partial charge in [-0.05, 0) is 49.4 Å². The summed E-state index contributed by atoms with van der Waals surface area (Å²) in [4.78, 5) is 0. The van der Waals surface area contributed by atoms with E-state index in [2.05, 4.69) is 41.5 Å². The molecule has 0 saturated heterocycles. The molecule has 0 rings (SSSR count).